The fraction of sp³-hybridized carbons (Fsp3) is 0.310. The second-order valence-corrected chi connectivity index (χ2v) is 9.81. The first-order valence-electron chi connectivity index (χ1n) is 12.3. The summed E-state index contributed by atoms with van der Waals surface area (Å²) in [6.07, 6.45) is 1.87. The molecule has 1 saturated heterocycles. The Labute approximate surface area is 211 Å². The molecule has 36 heavy (non-hydrogen) atoms. The van der Waals surface area contributed by atoms with E-state index in [1.54, 1.807) is 7.11 Å². The van der Waals surface area contributed by atoms with E-state index in [2.05, 4.69) is 29.5 Å². The Balaban J connectivity index is 1.54. The summed E-state index contributed by atoms with van der Waals surface area (Å²) in [5.74, 6) is 0.649. The van der Waals surface area contributed by atoms with Crippen LogP contribution in [0.15, 0.2) is 42.5 Å². The van der Waals surface area contributed by atoms with Crippen LogP contribution in [-0.4, -0.2) is 54.0 Å². The molecule has 2 amide bonds. The number of aromatic amines is 1. The van der Waals surface area contributed by atoms with Crippen molar-refractivity contribution in [1.29, 1.82) is 0 Å². The molecule has 3 heterocycles. The molecule has 7 nitrogen and oxygen atoms in total. The highest BCUT2D eigenvalue weighted by Gasteiger charge is 2.31. The Morgan fingerprint density at radius 3 is 2.42 bits per heavy atom. The lowest BCUT2D eigenvalue weighted by Crippen LogP contribution is -2.55. The van der Waals surface area contributed by atoms with Crippen LogP contribution in [-0.2, 0) is 4.79 Å². The van der Waals surface area contributed by atoms with Gasteiger partial charge >= 0.3 is 0 Å². The summed E-state index contributed by atoms with van der Waals surface area (Å²) < 4.78 is 5.30. The van der Waals surface area contributed by atoms with Gasteiger partial charge in [0.05, 0.1) is 18.2 Å². The van der Waals surface area contributed by atoms with Gasteiger partial charge in [-0.05, 0) is 68.7 Å². The van der Waals surface area contributed by atoms with Crippen molar-refractivity contribution < 1.29 is 14.3 Å². The molecule has 0 unspecified atom stereocenters. The van der Waals surface area contributed by atoms with Gasteiger partial charge in [0.1, 0.15) is 5.75 Å². The van der Waals surface area contributed by atoms with Crippen molar-refractivity contribution in [2.24, 2.45) is 0 Å². The first kappa shape index (κ1) is 23.9. The molecule has 0 aliphatic carbocycles. The maximum Gasteiger partial charge on any atom is 0.256 e. The summed E-state index contributed by atoms with van der Waals surface area (Å²) in [7, 11) is 1.64. The number of nitrogens with zero attached hydrogens (tertiary/aromatic N) is 1. The Bertz CT molecular complexity index is 1360. The van der Waals surface area contributed by atoms with Gasteiger partial charge in [0.15, 0.2) is 0 Å². The van der Waals surface area contributed by atoms with E-state index in [1.807, 2.05) is 67.3 Å². The number of nitrogens with one attached hydrogen (secondary N) is 3. The van der Waals surface area contributed by atoms with Crippen LogP contribution in [0.4, 0.5) is 5.69 Å². The van der Waals surface area contributed by atoms with Crippen molar-refractivity contribution in [3.8, 4) is 16.9 Å². The Hall–Kier alpha value is -3.84. The number of piperazine rings is 1. The third-order valence-electron chi connectivity index (χ3n) is 7.05. The van der Waals surface area contributed by atoms with E-state index in [9.17, 15) is 9.59 Å². The molecule has 0 bridgehead atoms. The molecule has 1 fully saturated rings. The molecular weight excluding hydrogens is 452 g/mol. The van der Waals surface area contributed by atoms with Crippen LogP contribution in [0.5, 0.6) is 5.75 Å². The molecule has 7 heteroatoms. The number of rotatable bonds is 4. The van der Waals surface area contributed by atoms with Crippen molar-refractivity contribution >= 4 is 29.2 Å². The van der Waals surface area contributed by atoms with E-state index >= 15 is 0 Å². The van der Waals surface area contributed by atoms with Gasteiger partial charge in [-0.2, -0.15) is 0 Å². The number of carbonyl (C=O) groups is 2. The standard InChI is InChI=1S/C29H32N4O3/c1-16-14-33(15-17(2)30-16)29(35)26-18(3)25(31-19(26)4)13-23-27-22(7-6-8-24(27)32-28(23)34)20-9-11-21(36-5)12-10-20/h6-13,16-17,30-31H,14-15H2,1-5H3,(H,32,34)/b23-13-/t16-,17+. The third kappa shape index (κ3) is 4.20. The van der Waals surface area contributed by atoms with Gasteiger partial charge in [-0.25, -0.2) is 0 Å². The number of methoxy groups -OCH3 is 1. The van der Waals surface area contributed by atoms with Crippen LogP contribution in [0.3, 0.4) is 0 Å². The predicted molar refractivity (Wildman–Crippen MR) is 143 cm³/mol. The normalized spacial score (nSPS) is 20.4. The molecule has 5 rings (SSSR count). The largest absolute Gasteiger partial charge is 0.497 e. The Morgan fingerprint density at radius 2 is 1.75 bits per heavy atom. The zero-order valence-electron chi connectivity index (χ0n) is 21.4. The summed E-state index contributed by atoms with van der Waals surface area (Å²) in [5.41, 5.74) is 7.28. The maximum absolute atomic E-state index is 13.5. The summed E-state index contributed by atoms with van der Waals surface area (Å²) in [4.78, 5) is 31.9. The van der Waals surface area contributed by atoms with Crippen molar-refractivity contribution in [3.05, 3.63) is 70.5 Å². The summed E-state index contributed by atoms with van der Waals surface area (Å²) in [6.45, 7) is 9.40. The first-order valence-corrected chi connectivity index (χ1v) is 12.3. The van der Waals surface area contributed by atoms with Gasteiger partial charge in [0.25, 0.3) is 11.8 Å². The quantitative estimate of drug-likeness (QED) is 0.472. The summed E-state index contributed by atoms with van der Waals surface area (Å²) >= 11 is 0. The number of fused-ring (bicyclic) bond motifs is 1. The van der Waals surface area contributed by atoms with E-state index in [4.69, 9.17) is 4.74 Å². The Kier molecular flexibility index (Phi) is 6.18. The average Bonchev–Trinajstić information content (AvgIpc) is 3.32. The molecule has 2 aliphatic heterocycles. The van der Waals surface area contributed by atoms with Gasteiger partial charge in [-0.15, -0.1) is 0 Å². The second-order valence-electron chi connectivity index (χ2n) is 9.81. The maximum atomic E-state index is 13.5. The van der Waals surface area contributed by atoms with Gasteiger partial charge in [-0.3, -0.25) is 9.59 Å². The summed E-state index contributed by atoms with van der Waals surface area (Å²) in [6, 6.07) is 14.2. The van der Waals surface area contributed by atoms with Crippen LogP contribution in [0.25, 0.3) is 22.8 Å². The fourth-order valence-corrected chi connectivity index (χ4v) is 5.43. The zero-order valence-corrected chi connectivity index (χ0v) is 21.4. The van der Waals surface area contributed by atoms with Gasteiger partial charge < -0.3 is 25.3 Å². The minimum Gasteiger partial charge on any atom is -0.497 e. The number of anilines is 1. The molecule has 2 atom stereocenters. The molecule has 0 saturated carbocycles. The monoisotopic (exact) mass is 484 g/mol. The molecule has 3 aromatic rings. The zero-order chi connectivity index (χ0) is 25.6. The number of aryl methyl sites for hydroxylation is 1. The van der Waals surface area contributed by atoms with Crippen molar-refractivity contribution in [3.63, 3.8) is 0 Å². The van der Waals surface area contributed by atoms with Crippen LogP contribution in [0, 0.1) is 13.8 Å². The number of ether oxygens (including phenoxy) is 1. The van der Waals surface area contributed by atoms with Gasteiger partial charge in [0.2, 0.25) is 0 Å². The number of hydrogen-bond donors (Lipinski definition) is 3. The molecule has 2 aromatic carbocycles. The highest BCUT2D eigenvalue weighted by atomic mass is 16.5. The van der Waals surface area contributed by atoms with Crippen LogP contribution in [0.1, 0.15) is 46.7 Å². The van der Waals surface area contributed by atoms with E-state index < -0.39 is 0 Å². The minimum absolute atomic E-state index is 0.0290. The lowest BCUT2D eigenvalue weighted by molar-refractivity contribution is -0.110. The second kappa shape index (κ2) is 9.32. The van der Waals surface area contributed by atoms with Crippen molar-refractivity contribution in [2.45, 2.75) is 39.8 Å². The summed E-state index contributed by atoms with van der Waals surface area (Å²) in [5, 5.41) is 6.47. The molecule has 1 aromatic heterocycles. The number of carbonyl (C=O) groups excluding carboxylic acids is 2. The highest BCUT2D eigenvalue weighted by Crippen LogP contribution is 2.41. The van der Waals surface area contributed by atoms with E-state index in [-0.39, 0.29) is 23.9 Å². The molecule has 2 aliphatic rings. The third-order valence-corrected chi connectivity index (χ3v) is 7.05. The van der Waals surface area contributed by atoms with E-state index in [0.29, 0.717) is 24.2 Å². The lowest BCUT2D eigenvalue weighted by atomic mass is 9.94. The number of hydrogen-bond acceptors (Lipinski definition) is 4. The first-order chi connectivity index (χ1) is 17.3. The SMILES string of the molecule is COc1ccc(-c2cccc3c2/C(=C/c2[nH]c(C)c(C(=O)N4C[C@@H](C)N[C@@H](C)C4)c2C)C(=O)N3)cc1. The molecular formula is C29H32N4O3. The minimum atomic E-state index is -0.157. The fourth-order valence-electron chi connectivity index (χ4n) is 5.43. The van der Waals surface area contributed by atoms with Crippen molar-refractivity contribution in [2.75, 3.05) is 25.5 Å². The molecule has 0 radical (unpaired) electrons. The van der Waals surface area contributed by atoms with Gasteiger partial charge in [-0.1, -0.05) is 24.3 Å². The number of benzene rings is 2. The van der Waals surface area contributed by atoms with Crippen LogP contribution >= 0.6 is 0 Å². The van der Waals surface area contributed by atoms with Crippen molar-refractivity contribution in [1.82, 2.24) is 15.2 Å². The van der Waals surface area contributed by atoms with E-state index in [0.717, 1.165) is 45.1 Å². The van der Waals surface area contributed by atoms with Crippen LogP contribution < -0.4 is 15.4 Å². The Morgan fingerprint density at radius 1 is 1.06 bits per heavy atom. The van der Waals surface area contributed by atoms with Gasteiger partial charge in [0, 0.05) is 47.8 Å². The van der Waals surface area contributed by atoms with Crippen LogP contribution in [0.2, 0.25) is 0 Å². The number of H-pyrrole nitrogens is 1. The smallest absolute Gasteiger partial charge is 0.256 e. The average molecular weight is 485 g/mol. The topological polar surface area (TPSA) is 86.5 Å². The molecule has 0 spiro atoms. The number of amides is 2. The molecule has 186 valence electrons. The predicted octanol–water partition coefficient (Wildman–Crippen LogP) is 4.62. The number of aromatic nitrogens is 1. The van der Waals surface area contributed by atoms with E-state index in [1.165, 1.54) is 0 Å². The molecule has 3 N–H and O–H groups in total. The highest BCUT2D eigenvalue weighted by molar-refractivity contribution is 6.36. The lowest BCUT2D eigenvalue weighted by Gasteiger charge is -2.36.